The standard InChI is InChI=1S/C2H8N2.Co.H2O.O/c3-1-2-4;;;/h1-4H2;;1H2;/q;+1;;/p-1. The van der Waals surface area contributed by atoms with Crippen LogP contribution in [0.4, 0.5) is 0 Å². The van der Waals surface area contributed by atoms with E-state index < -0.39 is 15.0 Å². The molecular weight excluding hydrogens is 143 g/mol. The van der Waals surface area contributed by atoms with Gasteiger partial charge in [-0.25, -0.2) is 0 Å². The summed E-state index contributed by atoms with van der Waals surface area (Å²) in [5.74, 6) is 0. The SMILES string of the molecule is NCCN.[O]=[Co][OH]. The van der Waals surface area contributed by atoms with Gasteiger partial charge in [-0.15, -0.1) is 0 Å². The molecule has 0 aliphatic rings. The summed E-state index contributed by atoms with van der Waals surface area (Å²) in [6.45, 7) is 1.19. The fourth-order valence-corrected chi connectivity index (χ4v) is 0. The Morgan fingerprint density at radius 3 is 1.57 bits per heavy atom. The van der Waals surface area contributed by atoms with Crippen LogP contribution in [0.1, 0.15) is 0 Å². The molecule has 0 aromatic rings. The van der Waals surface area contributed by atoms with E-state index in [0.717, 1.165) is 0 Å². The Bertz CT molecular complexity index is 32.9. The molecule has 0 bridgehead atoms. The predicted molar refractivity (Wildman–Crippen MR) is 21.0 cm³/mol. The van der Waals surface area contributed by atoms with Crippen molar-refractivity contribution in [3.05, 3.63) is 0 Å². The molecule has 0 saturated carbocycles. The van der Waals surface area contributed by atoms with Crippen molar-refractivity contribution in [2.24, 2.45) is 11.5 Å². The third kappa shape index (κ3) is 77.0. The van der Waals surface area contributed by atoms with E-state index in [9.17, 15) is 0 Å². The molecule has 0 rings (SSSR count). The van der Waals surface area contributed by atoms with Gasteiger partial charge >= 0.3 is 23.0 Å². The Morgan fingerprint density at radius 1 is 1.43 bits per heavy atom. The van der Waals surface area contributed by atoms with E-state index in [1.54, 1.807) is 0 Å². The molecule has 0 radical (unpaired) electrons. The molecular formula is C2H9CoN2O2. The van der Waals surface area contributed by atoms with E-state index in [-0.39, 0.29) is 0 Å². The van der Waals surface area contributed by atoms with Crippen LogP contribution >= 0.6 is 0 Å². The first-order valence-electron chi connectivity index (χ1n) is 1.60. The Morgan fingerprint density at radius 2 is 1.57 bits per heavy atom. The first-order valence-corrected chi connectivity index (χ1v) is 2.49. The summed E-state index contributed by atoms with van der Waals surface area (Å²) in [5, 5.41) is 0. The fourth-order valence-electron chi connectivity index (χ4n) is 0. The second-order valence-corrected chi connectivity index (χ2v) is 0.828. The Hall–Kier alpha value is 0.186. The topological polar surface area (TPSA) is 89.3 Å². The minimum absolute atomic E-state index is 0.597. The van der Waals surface area contributed by atoms with Crippen molar-refractivity contribution >= 4 is 0 Å². The minimum atomic E-state index is -0.812. The van der Waals surface area contributed by atoms with E-state index >= 15 is 0 Å². The molecule has 48 valence electrons. The van der Waals surface area contributed by atoms with E-state index in [1.807, 2.05) is 0 Å². The Balaban J connectivity index is 0. The van der Waals surface area contributed by atoms with Gasteiger partial charge in [0.15, 0.2) is 0 Å². The maximum absolute atomic E-state index is 8.45. The van der Waals surface area contributed by atoms with Gasteiger partial charge in [-0.1, -0.05) is 0 Å². The number of hydrogen-bond acceptors (Lipinski definition) is 3. The summed E-state index contributed by atoms with van der Waals surface area (Å²) in [6.07, 6.45) is 0. The molecule has 0 heterocycles. The summed E-state index contributed by atoms with van der Waals surface area (Å²) >= 11 is -0.812. The van der Waals surface area contributed by atoms with Crippen LogP contribution in [0.2, 0.25) is 0 Å². The van der Waals surface area contributed by atoms with Crippen LogP contribution in [0.3, 0.4) is 0 Å². The van der Waals surface area contributed by atoms with Crippen LogP contribution in [0.5, 0.6) is 0 Å². The van der Waals surface area contributed by atoms with Gasteiger partial charge in [0.1, 0.15) is 0 Å². The van der Waals surface area contributed by atoms with Gasteiger partial charge in [-0.3, -0.25) is 0 Å². The van der Waals surface area contributed by atoms with Gasteiger partial charge in [0.05, 0.1) is 0 Å². The van der Waals surface area contributed by atoms with E-state index in [0.29, 0.717) is 13.1 Å². The molecule has 7 heavy (non-hydrogen) atoms. The van der Waals surface area contributed by atoms with Crippen LogP contribution in [0.25, 0.3) is 0 Å². The molecule has 0 aromatic carbocycles. The van der Waals surface area contributed by atoms with Gasteiger partial charge in [0, 0.05) is 13.1 Å². The number of hydrogen-bond donors (Lipinski definition) is 3. The molecule has 0 aromatic heterocycles. The third-order valence-electron chi connectivity index (χ3n) is 0.167. The van der Waals surface area contributed by atoms with Crippen molar-refractivity contribution in [2.75, 3.05) is 13.1 Å². The molecule has 5 heteroatoms. The van der Waals surface area contributed by atoms with Crippen LogP contribution < -0.4 is 11.5 Å². The normalized spacial score (nSPS) is 7.29. The van der Waals surface area contributed by atoms with E-state index in [2.05, 4.69) is 0 Å². The molecule has 4 nitrogen and oxygen atoms in total. The zero-order valence-corrected chi connectivity index (χ0v) is 4.80. The van der Waals surface area contributed by atoms with Crippen LogP contribution in [0, 0.1) is 0 Å². The predicted octanol–water partition coefficient (Wildman–Crippen LogP) is -1.77. The van der Waals surface area contributed by atoms with Crippen LogP contribution in [0.15, 0.2) is 0 Å². The van der Waals surface area contributed by atoms with Crippen molar-refractivity contribution in [2.45, 2.75) is 0 Å². The second kappa shape index (κ2) is 16.4. The molecule has 5 N–H and O–H groups in total. The summed E-state index contributed by atoms with van der Waals surface area (Å²) in [7, 11) is 0. The third-order valence-corrected chi connectivity index (χ3v) is 0.167. The van der Waals surface area contributed by atoms with Crippen molar-refractivity contribution < 1.29 is 23.0 Å². The quantitative estimate of drug-likeness (QED) is 0.414. The monoisotopic (exact) mass is 152 g/mol. The van der Waals surface area contributed by atoms with Crippen LogP contribution in [-0.2, 0) is 18.8 Å². The molecule has 0 aliphatic carbocycles. The van der Waals surface area contributed by atoms with Crippen LogP contribution in [-0.4, -0.2) is 17.3 Å². The summed E-state index contributed by atoms with van der Waals surface area (Å²) in [6, 6.07) is 0. The van der Waals surface area contributed by atoms with Gasteiger partial charge in [-0.05, 0) is 0 Å². The average molecular weight is 152 g/mol. The molecule has 0 fully saturated rings. The number of rotatable bonds is 1. The van der Waals surface area contributed by atoms with Gasteiger partial charge in [0.25, 0.3) is 0 Å². The zero-order valence-electron chi connectivity index (χ0n) is 3.76. The molecule has 0 atom stereocenters. The molecule has 0 aliphatic heterocycles. The fraction of sp³-hybridized carbons (Fsp3) is 1.00. The summed E-state index contributed by atoms with van der Waals surface area (Å²) in [4.78, 5) is 0. The second-order valence-electron chi connectivity index (χ2n) is 0.638. The van der Waals surface area contributed by atoms with Crippen molar-refractivity contribution in [1.29, 1.82) is 0 Å². The Labute approximate surface area is 48.4 Å². The van der Waals surface area contributed by atoms with Crippen molar-refractivity contribution in [1.82, 2.24) is 0 Å². The van der Waals surface area contributed by atoms with Gasteiger partial charge in [-0.2, -0.15) is 0 Å². The molecule has 0 unspecified atom stereocenters. The molecule has 0 amide bonds. The Kier molecular flexibility index (Phi) is 23.9. The number of nitrogens with two attached hydrogens (primary N) is 2. The van der Waals surface area contributed by atoms with Gasteiger partial charge < -0.3 is 11.5 Å². The molecule has 0 saturated heterocycles. The molecule has 0 spiro atoms. The summed E-state index contributed by atoms with van der Waals surface area (Å²) < 4.78 is 15.4. The van der Waals surface area contributed by atoms with E-state index in [1.165, 1.54) is 0 Å². The van der Waals surface area contributed by atoms with Crippen molar-refractivity contribution in [3.8, 4) is 0 Å². The first kappa shape index (κ1) is 10.2. The maximum atomic E-state index is 8.45. The average Bonchev–Trinajstić information content (AvgIpc) is 1.69. The van der Waals surface area contributed by atoms with Gasteiger partial charge in [0.2, 0.25) is 0 Å². The summed E-state index contributed by atoms with van der Waals surface area (Å²) in [5.41, 5.74) is 9.81. The zero-order chi connectivity index (χ0) is 6.12. The first-order chi connectivity index (χ1) is 3.33. The van der Waals surface area contributed by atoms with Crippen molar-refractivity contribution in [3.63, 3.8) is 0 Å². The van der Waals surface area contributed by atoms with E-state index in [4.69, 9.17) is 19.6 Å².